The van der Waals surface area contributed by atoms with Gasteiger partial charge in [0, 0.05) is 30.9 Å². The summed E-state index contributed by atoms with van der Waals surface area (Å²) >= 11 is 0. The smallest absolute Gasteiger partial charge is 0.323 e. The van der Waals surface area contributed by atoms with Gasteiger partial charge in [0.05, 0.1) is 11.4 Å². The Morgan fingerprint density at radius 3 is 2.26 bits per heavy atom. The van der Waals surface area contributed by atoms with Crippen molar-refractivity contribution in [3.05, 3.63) is 89.0 Å². The highest BCUT2D eigenvalue weighted by molar-refractivity contribution is 6.04. The first-order chi connectivity index (χ1) is 16.9. The molecule has 3 N–H and O–H groups in total. The van der Waals surface area contributed by atoms with E-state index in [9.17, 15) is 9.59 Å². The van der Waals surface area contributed by atoms with Crippen LogP contribution in [0, 0.1) is 6.92 Å². The number of aryl methyl sites for hydroxylation is 1. The lowest BCUT2D eigenvalue weighted by molar-refractivity contribution is 0.0951. The first-order valence-electron chi connectivity index (χ1n) is 12.3. The predicted octanol–water partition coefficient (Wildman–Crippen LogP) is 6.29. The van der Waals surface area contributed by atoms with Crippen LogP contribution in [-0.4, -0.2) is 25.0 Å². The van der Waals surface area contributed by atoms with Crippen LogP contribution in [0.5, 0.6) is 0 Å². The molecule has 3 amide bonds. The third-order valence-electron chi connectivity index (χ3n) is 6.45. The van der Waals surface area contributed by atoms with Crippen molar-refractivity contribution in [2.45, 2.75) is 46.1 Å². The van der Waals surface area contributed by atoms with Crippen molar-refractivity contribution in [3.8, 4) is 0 Å². The molecule has 0 aromatic heterocycles. The number of benzene rings is 3. The van der Waals surface area contributed by atoms with E-state index in [0.29, 0.717) is 23.7 Å². The third-order valence-corrected chi connectivity index (χ3v) is 6.45. The number of carbonyl (C=O) groups excluding carboxylic acids is 2. The summed E-state index contributed by atoms with van der Waals surface area (Å²) in [7, 11) is 0. The molecule has 6 heteroatoms. The Morgan fingerprint density at radius 1 is 0.886 bits per heavy atom. The molecule has 0 atom stereocenters. The van der Waals surface area contributed by atoms with Crippen LogP contribution in [0.3, 0.4) is 0 Å². The summed E-state index contributed by atoms with van der Waals surface area (Å²) in [4.78, 5) is 28.0. The third kappa shape index (κ3) is 6.21. The second-order valence-electron chi connectivity index (χ2n) is 9.40. The minimum Gasteiger partial charge on any atom is -0.370 e. The normalized spacial score (nSPS) is 13.1. The van der Waals surface area contributed by atoms with E-state index >= 15 is 0 Å². The highest BCUT2D eigenvalue weighted by atomic mass is 16.2. The SMILES string of the molecule is Cc1ccccc1NC(=O)Nc1cc(C(=O)NCc2ccc(C(C)C)cc2)ccc1N1CCCC1. The fourth-order valence-electron chi connectivity index (χ4n) is 4.31. The van der Waals surface area contributed by atoms with E-state index in [1.54, 1.807) is 6.07 Å². The molecule has 35 heavy (non-hydrogen) atoms. The number of amides is 3. The highest BCUT2D eigenvalue weighted by Crippen LogP contribution is 2.30. The van der Waals surface area contributed by atoms with Crippen LogP contribution in [-0.2, 0) is 6.54 Å². The molecule has 1 heterocycles. The van der Waals surface area contributed by atoms with E-state index in [1.807, 2.05) is 43.3 Å². The fraction of sp³-hybridized carbons (Fsp3) is 0.310. The fourth-order valence-corrected chi connectivity index (χ4v) is 4.31. The highest BCUT2D eigenvalue weighted by Gasteiger charge is 2.19. The lowest BCUT2D eigenvalue weighted by Crippen LogP contribution is -2.26. The second-order valence-corrected chi connectivity index (χ2v) is 9.40. The minimum atomic E-state index is -0.331. The molecule has 4 rings (SSSR count). The zero-order chi connectivity index (χ0) is 24.8. The monoisotopic (exact) mass is 470 g/mol. The summed E-state index contributed by atoms with van der Waals surface area (Å²) in [5.74, 6) is 0.301. The minimum absolute atomic E-state index is 0.173. The van der Waals surface area contributed by atoms with Crippen LogP contribution in [0.1, 0.15) is 59.7 Å². The Morgan fingerprint density at radius 2 is 1.57 bits per heavy atom. The van der Waals surface area contributed by atoms with Crippen LogP contribution in [0.4, 0.5) is 21.9 Å². The Kier molecular flexibility index (Phi) is 7.70. The molecule has 1 saturated heterocycles. The average Bonchev–Trinajstić information content (AvgIpc) is 3.39. The van der Waals surface area contributed by atoms with E-state index in [0.717, 1.165) is 48.4 Å². The molecule has 1 aliphatic heterocycles. The second kappa shape index (κ2) is 11.1. The van der Waals surface area contributed by atoms with E-state index in [2.05, 4.69) is 59.0 Å². The van der Waals surface area contributed by atoms with Gasteiger partial charge in [-0.25, -0.2) is 4.79 Å². The van der Waals surface area contributed by atoms with Crippen molar-refractivity contribution < 1.29 is 9.59 Å². The first kappa shape index (κ1) is 24.3. The van der Waals surface area contributed by atoms with Gasteiger partial charge in [0.15, 0.2) is 0 Å². The Bertz CT molecular complexity index is 1180. The van der Waals surface area contributed by atoms with Crippen molar-refractivity contribution in [2.24, 2.45) is 0 Å². The van der Waals surface area contributed by atoms with Crippen LogP contribution >= 0.6 is 0 Å². The van der Waals surface area contributed by atoms with Gasteiger partial charge >= 0.3 is 6.03 Å². The van der Waals surface area contributed by atoms with E-state index in [-0.39, 0.29) is 11.9 Å². The molecule has 1 fully saturated rings. The maximum Gasteiger partial charge on any atom is 0.323 e. The standard InChI is InChI=1S/C29H34N4O2/c1-20(2)23-12-10-22(11-13-23)19-30-28(34)24-14-15-27(33-16-6-7-17-33)26(18-24)32-29(35)31-25-9-5-4-8-21(25)3/h4-5,8-15,18,20H,6-7,16-17,19H2,1-3H3,(H,30,34)(H2,31,32,35). The van der Waals surface area contributed by atoms with E-state index in [1.165, 1.54) is 5.56 Å². The van der Waals surface area contributed by atoms with Crippen molar-refractivity contribution in [1.29, 1.82) is 0 Å². The van der Waals surface area contributed by atoms with Crippen molar-refractivity contribution in [2.75, 3.05) is 28.6 Å². The summed E-state index contributed by atoms with van der Waals surface area (Å²) in [5, 5.41) is 8.89. The summed E-state index contributed by atoms with van der Waals surface area (Å²) in [6, 6.07) is 21.1. The van der Waals surface area contributed by atoms with Crippen LogP contribution in [0.25, 0.3) is 0 Å². The van der Waals surface area contributed by atoms with Crippen LogP contribution in [0.2, 0.25) is 0 Å². The number of para-hydroxylation sites is 1. The van der Waals surface area contributed by atoms with Gasteiger partial charge in [0.2, 0.25) is 0 Å². The summed E-state index contributed by atoms with van der Waals surface area (Å²) in [5.41, 5.74) is 6.14. The van der Waals surface area contributed by atoms with Gasteiger partial charge in [-0.2, -0.15) is 0 Å². The van der Waals surface area contributed by atoms with Crippen LogP contribution < -0.4 is 20.9 Å². The van der Waals surface area contributed by atoms with E-state index in [4.69, 9.17) is 0 Å². The molecule has 1 aliphatic rings. The predicted molar refractivity (Wildman–Crippen MR) is 143 cm³/mol. The summed E-state index contributed by atoms with van der Waals surface area (Å²) in [6.07, 6.45) is 2.24. The van der Waals surface area contributed by atoms with Gasteiger partial charge in [-0.3, -0.25) is 4.79 Å². The van der Waals surface area contributed by atoms with Crippen LogP contribution in [0.15, 0.2) is 66.7 Å². The van der Waals surface area contributed by atoms with Gasteiger partial charge in [0.1, 0.15) is 0 Å². The Hall–Kier alpha value is -3.80. The first-order valence-corrected chi connectivity index (χ1v) is 12.3. The zero-order valence-corrected chi connectivity index (χ0v) is 20.7. The molecule has 6 nitrogen and oxygen atoms in total. The molecule has 3 aromatic carbocycles. The van der Waals surface area contributed by atoms with E-state index < -0.39 is 0 Å². The molecule has 0 unspecified atom stereocenters. The number of nitrogens with zero attached hydrogens (tertiary/aromatic N) is 1. The van der Waals surface area contributed by atoms with Crippen molar-refractivity contribution >= 4 is 29.0 Å². The maximum atomic E-state index is 12.9. The van der Waals surface area contributed by atoms with Gasteiger partial charge in [-0.15, -0.1) is 0 Å². The summed E-state index contributed by atoms with van der Waals surface area (Å²) in [6.45, 7) is 8.59. The van der Waals surface area contributed by atoms with Gasteiger partial charge in [0.25, 0.3) is 5.91 Å². The Balaban J connectivity index is 1.48. The molecular weight excluding hydrogens is 436 g/mol. The van der Waals surface area contributed by atoms with Gasteiger partial charge < -0.3 is 20.9 Å². The zero-order valence-electron chi connectivity index (χ0n) is 20.7. The quantitative estimate of drug-likeness (QED) is 0.380. The molecule has 0 bridgehead atoms. The Labute approximate surface area is 207 Å². The van der Waals surface area contributed by atoms with Gasteiger partial charge in [-0.05, 0) is 66.6 Å². The largest absolute Gasteiger partial charge is 0.370 e. The molecule has 0 saturated carbocycles. The number of carbonyl (C=O) groups is 2. The number of urea groups is 1. The molecular formula is C29H34N4O2. The maximum absolute atomic E-state index is 12.9. The molecule has 3 aromatic rings. The molecule has 0 spiro atoms. The average molecular weight is 471 g/mol. The lowest BCUT2D eigenvalue weighted by Gasteiger charge is -2.22. The number of hydrogen-bond acceptors (Lipinski definition) is 3. The number of hydrogen-bond donors (Lipinski definition) is 3. The van der Waals surface area contributed by atoms with Crippen molar-refractivity contribution in [3.63, 3.8) is 0 Å². The topological polar surface area (TPSA) is 73.5 Å². The number of nitrogens with one attached hydrogen (secondary N) is 3. The number of anilines is 3. The molecule has 0 aliphatic carbocycles. The molecule has 182 valence electrons. The van der Waals surface area contributed by atoms with Crippen molar-refractivity contribution in [1.82, 2.24) is 5.32 Å². The van der Waals surface area contributed by atoms with Gasteiger partial charge in [-0.1, -0.05) is 56.3 Å². The lowest BCUT2D eigenvalue weighted by atomic mass is 10.0. The molecule has 0 radical (unpaired) electrons. The number of rotatable bonds is 7. The summed E-state index contributed by atoms with van der Waals surface area (Å²) < 4.78 is 0.